The molecule has 94 valence electrons. The van der Waals surface area contributed by atoms with Gasteiger partial charge in [0.05, 0.1) is 5.75 Å². The Kier molecular flexibility index (Phi) is 5.21. The van der Waals surface area contributed by atoms with E-state index < -0.39 is 5.97 Å². The van der Waals surface area contributed by atoms with E-state index in [0.717, 1.165) is 24.6 Å². The van der Waals surface area contributed by atoms with Gasteiger partial charge in [0.1, 0.15) is 0 Å². The minimum Gasteiger partial charge on any atom is -0.481 e. The molecule has 0 unspecified atom stereocenters. The summed E-state index contributed by atoms with van der Waals surface area (Å²) in [6.07, 6.45) is 3.53. The van der Waals surface area contributed by atoms with Crippen molar-refractivity contribution in [3.63, 3.8) is 0 Å². The van der Waals surface area contributed by atoms with E-state index in [9.17, 15) is 9.59 Å². The Balaban J connectivity index is 3.02. The summed E-state index contributed by atoms with van der Waals surface area (Å²) >= 11 is 1.08. The second kappa shape index (κ2) is 6.44. The van der Waals surface area contributed by atoms with E-state index in [1.165, 1.54) is 6.07 Å². The monoisotopic (exact) mass is 256 g/mol. The SMILES string of the molecule is CCC(CC)n1ccc(=O)nc1SCC(=O)O. The molecule has 0 saturated heterocycles. The molecule has 0 radical (unpaired) electrons. The first-order chi connectivity index (χ1) is 8.08. The molecule has 0 aliphatic heterocycles. The van der Waals surface area contributed by atoms with E-state index in [4.69, 9.17) is 5.11 Å². The molecular formula is C11H16N2O3S. The second-order valence-corrected chi connectivity index (χ2v) is 4.55. The van der Waals surface area contributed by atoms with Gasteiger partial charge in [-0.2, -0.15) is 4.98 Å². The fourth-order valence-electron chi connectivity index (χ4n) is 1.59. The molecule has 1 aromatic rings. The lowest BCUT2D eigenvalue weighted by Crippen LogP contribution is -2.17. The summed E-state index contributed by atoms with van der Waals surface area (Å²) in [5.74, 6) is -0.999. The third-order valence-electron chi connectivity index (χ3n) is 2.47. The van der Waals surface area contributed by atoms with Crippen molar-refractivity contribution in [3.8, 4) is 0 Å². The van der Waals surface area contributed by atoms with Gasteiger partial charge >= 0.3 is 5.97 Å². The molecule has 0 saturated carbocycles. The van der Waals surface area contributed by atoms with Gasteiger partial charge in [0, 0.05) is 18.3 Å². The normalized spacial score (nSPS) is 10.8. The van der Waals surface area contributed by atoms with Gasteiger partial charge in [-0.3, -0.25) is 9.59 Å². The highest BCUT2D eigenvalue weighted by atomic mass is 32.2. The van der Waals surface area contributed by atoms with Gasteiger partial charge in [-0.1, -0.05) is 25.6 Å². The largest absolute Gasteiger partial charge is 0.481 e. The number of thioether (sulfide) groups is 1. The first kappa shape index (κ1) is 13.8. The number of nitrogens with zero attached hydrogens (tertiary/aromatic N) is 2. The molecule has 0 aromatic carbocycles. The van der Waals surface area contributed by atoms with E-state index in [-0.39, 0.29) is 17.4 Å². The van der Waals surface area contributed by atoms with Crippen molar-refractivity contribution in [3.05, 3.63) is 22.6 Å². The van der Waals surface area contributed by atoms with Crippen LogP contribution in [0.25, 0.3) is 0 Å². The fourth-order valence-corrected chi connectivity index (χ4v) is 2.36. The molecular weight excluding hydrogens is 240 g/mol. The first-order valence-electron chi connectivity index (χ1n) is 5.52. The van der Waals surface area contributed by atoms with Crippen LogP contribution in [0.5, 0.6) is 0 Å². The quantitative estimate of drug-likeness (QED) is 0.620. The van der Waals surface area contributed by atoms with Crippen molar-refractivity contribution in [2.24, 2.45) is 0 Å². The number of aliphatic carboxylic acids is 1. The molecule has 1 heterocycles. The number of rotatable bonds is 6. The molecule has 17 heavy (non-hydrogen) atoms. The van der Waals surface area contributed by atoms with Crippen LogP contribution in [0, 0.1) is 0 Å². The van der Waals surface area contributed by atoms with Crippen LogP contribution in [0.3, 0.4) is 0 Å². The number of carbonyl (C=O) groups is 1. The smallest absolute Gasteiger partial charge is 0.313 e. The van der Waals surface area contributed by atoms with Gasteiger partial charge in [-0.15, -0.1) is 0 Å². The molecule has 0 aliphatic rings. The number of carboxylic acids is 1. The standard InChI is InChI=1S/C11H16N2O3S/c1-3-8(4-2)13-6-5-9(14)12-11(13)17-7-10(15)16/h5-6,8H,3-4,7H2,1-2H3,(H,15,16). The highest BCUT2D eigenvalue weighted by Crippen LogP contribution is 2.22. The van der Waals surface area contributed by atoms with Crippen LogP contribution < -0.4 is 5.56 Å². The number of hydrogen-bond acceptors (Lipinski definition) is 4. The lowest BCUT2D eigenvalue weighted by atomic mass is 10.2. The molecule has 1 rings (SSSR count). The van der Waals surface area contributed by atoms with Crippen molar-refractivity contribution in [1.29, 1.82) is 0 Å². The Morgan fingerprint density at radius 2 is 2.18 bits per heavy atom. The van der Waals surface area contributed by atoms with Gasteiger partial charge in [0.15, 0.2) is 5.16 Å². The van der Waals surface area contributed by atoms with Crippen molar-refractivity contribution in [2.45, 2.75) is 37.9 Å². The van der Waals surface area contributed by atoms with E-state index in [1.807, 2.05) is 4.57 Å². The van der Waals surface area contributed by atoms with Crippen LogP contribution in [0.2, 0.25) is 0 Å². The molecule has 0 aliphatic carbocycles. The predicted molar refractivity (Wildman–Crippen MR) is 66.5 cm³/mol. The molecule has 1 aromatic heterocycles. The summed E-state index contributed by atoms with van der Waals surface area (Å²) in [4.78, 5) is 25.6. The lowest BCUT2D eigenvalue weighted by molar-refractivity contribution is -0.133. The van der Waals surface area contributed by atoms with E-state index >= 15 is 0 Å². The minimum atomic E-state index is -0.913. The number of aromatic nitrogens is 2. The van der Waals surface area contributed by atoms with E-state index in [1.54, 1.807) is 6.20 Å². The Morgan fingerprint density at radius 3 is 2.71 bits per heavy atom. The molecule has 0 spiro atoms. The Bertz CT molecular complexity index is 441. The molecule has 6 heteroatoms. The van der Waals surface area contributed by atoms with Crippen molar-refractivity contribution < 1.29 is 9.90 Å². The highest BCUT2D eigenvalue weighted by molar-refractivity contribution is 7.99. The predicted octanol–water partition coefficient (Wildman–Crippen LogP) is 1.78. The Labute approximate surface area is 104 Å². The average molecular weight is 256 g/mol. The average Bonchev–Trinajstić information content (AvgIpc) is 2.30. The molecule has 0 amide bonds. The van der Waals surface area contributed by atoms with Crippen molar-refractivity contribution >= 4 is 17.7 Å². The summed E-state index contributed by atoms with van der Waals surface area (Å²) in [6, 6.07) is 1.66. The number of carboxylic acid groups (broad SMARTS) is 1. The molecule has 0 fully saturated rings. The molecule has 0 atom stereocenters. The maximum Gasteiger partial charge on any atom is 0.313 e. The van der Waals surface area contributed by atoms with Crippen molar-refractivity contribution in [2.75, 3.05) is 5.75 Å². The van der Waals surface area contributed by atoms with Gasteiger partial charge in [0.25, 0.3) is 5.56 Å². The van der Waals surface area contributed by atoms with E-state index in [2.05, 4.69) is 18.8 Å². The number of hydrogen-bond donors (Lipinski definition) is 1. The van der Waals surface area contributed by atoms with Gasteiger partial charge in [-0.05, 0) is 12.8 Å². The highest BCUT2D eigenvalue weighted by Gasteiger charge is 2.12. The first-order valence-corrected chi connectivity index (χ1v) is 6.50. The third kappa shape index (κ3) is 3.89. The van der Waals surface area contributed by atoms with Crippen LogP contribution >= 0.6 is 11.8 Å². The zero-order chi connectivity index (χ0) is 12.8. The molecule has 1 N–H and O–H groups in total. The fraction of sp³-hybridized carbons (Fsp3) is 0.545. The van der Waals surface area contributed by atoms with Crippen LogP contribution in [0.4, 0.5) is 0 Å². The maximum absolute atomic E-state index is 11.2. The molecule has 0 bridgehead atoms. The second-order valence-electron chi connectivity index (χ2n) is 3.61. The zero-order valence-corrected chi connectivity index (χ0v) is 10.7. The van der Waals surface area contributed by atoms with Crippen LogP contribution in [-0.2, 0) is 4.79 Å². The van der Waals surface area contributed by atoms with Crippen LogP contribution in [-0.4, -0.2) is 26.4 Å². The van der Waals surface area contributed by atoms with E-state index in [0.29, 0.717) is 5.16 Å². The lowest BCUT2D eigenvalue weighted by Gasteiger charge is -2.19. The zero-order valence-electron chi connectivity index (χ0n) is 9.92. The summed E-state index contributed by atoms with van der Waals surface area (Å²) in [5.41, 5.74) is -0.333. The summed E-state index contributed by atoms with van der Waals surface area (Å²) in [6.45, 7) is 4.11. The third-order valence-corrected chi connectivity index (χ3v) is 3.42. The summed E-state index contributed by atoms with van der Waals surface area (Å²) in [7, 11) is 0. The van der Waals surface area contributed by atoms with Crippen LogP contribution in [0.15, 0.2) is 22.2 Å². The summed E-state index contributed by atoms with van der Waals surface area (Å²) < 4.78 is 1.88. The maximum atomic E-state index is 11.2. The minimum absolute atomic E-state index is 0.0867. The molecule has 5 nitrogen and oxygen atoms in total. The van der Waals surface area contributed by atoms with Crippen molar-refractivity contribution in [1.82, 2.24) is 9.55 Å². The Hall–Kier alpha value is -1.30. The van der Waals surface area contributed by atoms with Gasteiger partial charge in [0.2, 0.25) is 0 Å². The topological polar surface area (TPSA) is 72.2 Å². The van der Waals surface area contributed by atoms with Crippen LogP contribution in [0.1, 0.15) is 32.7 Å². The Morgan fingerprint density at radius 1 is 1.53 bits per heavy atom. The van der Waals surface area contributed by atoms with Gasteiger partial charge in [-0.25, -0.2) is 0 Å². The summed E-state index contributed by atoms with van der Waals surface area (Å²) in [5, 5.41) is 9.13. The van der Waals surface area contributed by atoms with Gasteiger partial charge < -0.3 is 9.67 Å².